The first-order chi connectivity index (χ1) is 12.8. The molecular weight excluding hydrogens is 392 g/mol. The van der Waals surface area contributed by atoms with E-state index in [2.05, 4.69) is 6.07 Å². The van der Waals surface area contributed by atoms with Crippen LogP contribution in [0.5, 0.6) is 0 Å². The highest BCUT2D eigenvalue weighted by atomic mass is 35.5. The average molecular weight is 407 g/mol. The predicted molar refractivity (Wildman–Crippen MR) is 100 cm³/mol. The fourth-order valence-electron chi connectivity index (χ4n) is 3.01. The van der Waals surface area contributed by atoms with Gasteiger partial charge in [-0.25, -0.2) is 8.42 Å². The molecular formula is C17H15ClN4O4S. The molecule has 0 unspecified atom stereocenters. The van der Waals surface area contributed by atoms with E-state index in [1.54, 1.807) is 18.2 Å². The smallest absolute Gasteiger partial charge is 0.289 e. The number of halogens is 1. The van der Waals surface area contributed by atoms with Crippen molar-refractivity contribution in [1.29, 1.82) is 5.26 Å². The SMILES string of the molecule is N#Cc1cc(Cl)ccc1N1CCN(S(=O)(=O)c2ccccc2[N+](=O)[O-])CC1. The molecule has 0 N–H and O–H groups in total. The van der Waals surface area contributed by atoms with E-state index < -0.39 is 20.6 Å². The molecule has 0 amide bonds. The molecule has 0 radical (unpaired) electrons. The molecule has 1 fully saturated rings. The second-order valence-corrected chi connectivity index (χ2v) is 8.23. The number of piperazine rings is 1. The van der Waals surface area contributed by atoms with Crippen LogP contribution in [0.15, 0.2) is 47.4 Å². The third-order valence-corrected chi connectivity index (χ3v) is 6.52. The van der Waals surface area contributed by atoms with E-state index in [9.17, 15) is 23.8 Å². The van der Waals surface area contributed by atoms with Crippen LogP contribution in [-0.4, -0.2) is 43.8 Å². The predicted octanol–water partition coefficient (Wildman–Crippen LogP) is 2.63. The monoisotopic (exact) mass is 406 g/mol. The highest BCUT2D eigenvalue weighted by molar-refractivity contribution is 7.89. The van der Waals surface area contributed by atoms with Gasteiger partial charge in [0.25, 0.3) is 5.69 Å². The van der Waals surface area contributed by atoms with Crippen molar-refractivity contribution in [2.45, 2.75) is 4.90 Å². The first kappa shape index (κ1) is 19.1. The molecule has 140 valence electrons. The highest BCUT2D eigenvalue weighted by Crippen LogP contribution is 2.29. The van der Waals surface area contributed by atoms with Crippen LogP contribution in [0.25, 0.3) is 0 Å². The van der Waals surface area contributed by atoms with Gasteiger partial charge in [0.15, 0.2) is 4.90 Å². The van der Waals surface area contributed by atoms with Gasteiger partial charge in [0.2, 0.25) is 10.0 Å². The molecule has 2 aromatic rings. The molecule has 8 nitrogen and oxygen atoms in total. The zero-order valence-corrected chi connectivity index (χ0v) is 15.7. The summed E-state index contributed by atoms with van der Waals surface area (Å²) >= 11 is 5.91. The quantitative estimate of drug-likeness (QED) is 0.570. The Bertz CT molecular complexity index is 1030. The molecule has 3 rings (SSSR count). The number of hydrogen-bond donors (Lipinski definition) is 0. The highest BCUT2D eigenvalue weighted by Gasteiger charge is 2.33. The standard InChI is InChI=1S/C17H15ClN4O4S/c18-14-5-6-15(13(11-14)12-19)20-7-9-21(10-8-20)27(25,26)17-4-2-1-3-16(17)22(23)24/h1-6,11H,7-10H2. The Morgan fingerprint density at radius 3 is 2.41 bits per heavy atom. The second kappa shape index (κ2) is 7.52. The van der Waals surface area contributed by atoms with Gasteiger partial charge in [-0.05, 0) is 24.3 Å². The Hall–Kier alpha value is -2.67. The minimum Gasteiger partial charge on any atom is -0.368 e. The van der Waals surface area contributed by atoms with Crippen LogP contribution in [0.1, 0.15) is 5.56 Å². The van der Waals surface area contributed by atoms with Gasteiger partial charge < -0.3 is 4.90 Å². The first-order valence-electron chi connectivity index (χ1n) is 8.03. The van der Waals surface area contributed by atoms with Crippen molar-refractivity contribution in [2.24, 2.45) is 0 Å². The van der Waals surface area contributed by atoms with Crippen LogP contribution in [-0.2, 0) is 10.0 Å². The van der Waals surface area contributed by atoms with Crippen molar-refractivity contribution < 1.29 is 13.3 Å². The number of hydrogen-bond acceptors (Lipinski definition) is 6. The van der Waals surface area contributed by atoms with Crippen molar-refractivity contribution in [2.75, 3.05) is 31.1 Å². The molecule has 0 aromatic heterocycles. The Kier molecular flexibility index (Phi) is 5.32. The molecule has 0 aliphatic carbocycles. The molecule has 1 saturated heterocycles. The summed E-state index contributed by atoms with van der Waals surface area (Å²) in [4.78, 5) is 12.1. The summed E-state index contributed by atoms with van der Waals surface area (Å²) in [5.41, 5.74) is 0.659. The minimum atomic E-state index is -3.99. The van der Waals surface area contributed by atoms with Crippen LogP contribution < -0.4 is 4.90 Å². The summed E-state index contributed by atoms with van der Waals surface area (Å²) in [6, 6.07) is 12.4. The number of nitro groups is 1. The van der Waals surface area contributed by atoms with Gasteiger partial charge in [-0.1, -0.05) is 23.7 Å². The summed E-state index contributed by atoms with van der Waals surface area (Å²) in [5.74, 6) is 0. The molecule has 2 aromatic carbocycles. The molecule has 1 heterocycles. The number of sulfonamides is 1. The number of benzene rings is 2. The van der Waals surface area contributed by atoms with E-state index in [-0.39, 0.29) is 18.0 Å². The van der Waals surface area contributed by atoms with Crippen molar-refractivity contribution in [1.82, 2.24) is 4.31 Å². The first-order valence-corrected chi connectivity index (χ1v) is 9.84. The van der Waals surface area contributed by atoms with Crippen LogP contribution in [0.3, 0.4) is 0 Å². The van der Waals surface area contributed by atoms with Gasteiger partial charge in [0.05, 0.1) is 16.2 Å². The normalized spacial score (nSPS) is 15.3. The summed E-state index contributed by atoms with van der Waals surface area (Å²) in [5, 5.41) is 20.9. The Morgan fingerprint density at radius 2 is 1.78 bits per heavy atom. The maximum atomic E-state index is 12.9. The van der Waals surface area contributed by atoms with Gasteiger partial charge in [0.1, 0.15) is 6.07 Å². The maximum Gasteiger partial charge on any atom is 0.289 e. The third kappa shape index (κ3) is 3.73. The third-order valence-electron chi connectivity index (χ3n) is 4.34. The molecule has 27 heavy (non-hydrogen) atoms. The average Bonchev–Trinajstić information content (AvgIpc) is 2.68. The second-order valence-electron chi connectivity index (χ2n) is 5.89. The lowest BCUT2D eigenvalue weighted by Crippen LogP contribution is -2.49. The molecule has 0 spiro atoms. The fraction of sp³-hybridized carbons (Fsp3) is 0.235. The molecule has 10 heteroatoms. The lowest BCUT2D eigenvalue weighted by atomic mass is 10.1. The van der Waals surface area contributed by atoms with Crippen LogP contribution >= 0.6 is 11.6 Å². The van der Waals surface area contributed by atoms with Gasteiger partial charge in [0, 0.05) is 37.3 Å². The van der Waals surface area contributed by atoms with E-state index in [0.29, 0.717) is 29.4 Å². The fourth-order valence-corrected chi connectivity index (χ4v) is 4.76. The van der Waals surface area contributed by atoms with Gasteiger partial charge in [-0.15, -0.1) is 0 Å². The van der Waals surface area contributed by atoms with Gasteiger partial charge in [-0.2, -0.15) is 9.57 Å². The number of rotatable bonds is 4. The van der Waals surface area contributed by atoms with E-state index in [1.807, 2.05) is 4.90 Å². The molecule has 0 saturated carbocycles. The topological polar surface area (TPSA) is 108 Å². The molecule has 1 aliphatic heterocycles. The van der Waals surface area contributed by atoms with E-state index in [4.69, 9.17) is 11.6 Å². The number of nitriles is 1. The van der Waals surface area contributed by atoms with Crippen molar-refractivity contribution in [3.05, 3.63) is 63.2 Å². The van der Waals surface area contributed by atoms with Crippen LogP contribution in [0, 0.1) is 21.4 Å². The number of para-hydroxylation sites is 1. The van der Waals surface area contributed by atoms with Crippen LogP contribution in [0.2, 0.25) is 5.02 Å². The Labute approximate surface area is 161 Å². The van der Waals surface area contributed by atoms with E-state index in [0.717, 1.165) is 0 Å². The number of nitro benzene ring substituents is 1. The summed E-state index contributed by atoms with van der Waals surface area (Å²) in [6.07, 6.45) is 0. The van der Waals surface area contributed by atoms with Crippen LogP contribution in [0.4, 0.5) is 11.4 Å². The zero-order valence-electron chi connectivity index (χ0n) is 14.1. The molecule has 1 aliphatic rings. The van der Waals surface area contributed by atoms with Crippen molar-refractivity contribution in [3.8, 4) is 6.07 Å². The Morgan fingerprint density at radius 1 is 1.11 bits per heavy atom. The van der Waals surface area contributed by atoms with E-state index >= 15 is 0 Å². The summed E-state index contributed by atoms with van der Waals surface area (Å²) in [7, 11) is -3.99. The lowest BCUT2D eigenvalue weighted by Gasteiger charge is -2.35. The number of anilines is 1. The Balaban J connectivity index is 1.82. The lowest BCUT2D eigenvalue weighted by molar-refractivity contribution is -0.387. The van der Waals surface area contributed by atoms with Crippen molar-refractivity contribution >= 4 is 33.0 Å². The summed E-state index contributed by atoms with van der Waals surface area (Å²) < 4.78 is 26.9. The maximum absolute atomic E-state index is 12.9. The van der Waals surface area contributed by atoms with Crippen molar-refractivity contribution in [3.63, 3.8) is 0 Å². The van der Waals surface area contributed by atoms with E-state index in [1.165, 1.54) is 28.6 Å². The zero-order chi connectivity index (χ0) is 19.6. The molecule has 0 atom stereocenters. The summed E-state index contributed by atoms with van der Waals surface area (Å²) in [6.45, 7) is 1.02. The van der Waals surface area contributed by atoms with Gasteiger partial charge in [-0.3, -0.25) is 10.1 Å². The molecule has 0 bridgehead atoms. The largest absolute Gasteiger partial charge is 0.368 e. The number of nitrogens with zero attached hydrogens (tertiary/aromatic N) is 4. The van der Waals surface area contributed by atoms with Gasteiger partial charge >= 0.3 is 0 Å². The minimum absolute atomic E-state index is 0.155.